The Labute approximate surface area is 170 Å². The lowest BCUT2D eigenvalue weighted by molar-refractivity contribution is 0.0443. The van der Waals surface area contributed by atoms with E-state index >= 15 is 0 Å². The molecule has 8 heteroatoms. The molecule has 2 heterocycles. The second kappa shape index (κ2) is 7.92. The molecule has 0 fully saturated rings. The van der Waals surface area contributed by atoms with Crippen LogP contribution in [-0.2, 0) is 11.3 Å². The minimum atomic E-state index is -0.524. The molecule has 0 saturated heterocycles. The molecular weight excluding hydrogens is 393 g/mol. The lowest BCUT2D eigenvalue weighted by Gasteiger charge is -2.00. The zero-order valence-electron chi connectivity index (χ0n) is 15.7. The summed E-state index contributed by atoms with van der Waals surface area (Å²) in [5.41, 5.74) is 3.16. The summed E-state index contributed by atoms with van der Waals surface area (Å²) in [6.45, 7) is 3.56. The summed E-state index contributed by atoms with van der Waals surface area (Å²) in [6, 6.07) is 13.6. The maximum absolute atomic E-state index is 13.1. The number of aryl methyl sites for hydroxylation is 2. The number of nitrogens with zero attached hydrogens (tertiary/aromatic N) is 3. The highest BCUT2D eigenvalue weighted by Gasteiger charge is 2.19. The average molecular weight is 409 g/mol. The highest BCUT2D eigenvalue weighted by molar-refractivity contribution is 7.17. The fraction of sp³-hybridized carbons (Fsp3) is 0.143. The van der Waals surface area contributed by atoms with Gasteiger partial charge in [0.05, 0.1) is 5.69 Å². The van der Waals surface area contributed by atoms with Crippen molar-refractivity contribution in [3.63, 3.8) is 0 Å². The zero-order valence-corrected chi connectivity index (χ0v) is 16.5. The Morgan fingerprint density at radius 3 is 2.66 bits per heavy atom. The van der Waals surface area contributed by atoms with Crippen LogP contribution in [0.15, 0.2) is 52.9 Å². The summed E-state index contributed by atoms with van der Waals surface area (Å²) in [4.78, 5) is 17.2. The van der Waals surface area contributed by atoms with Crippen LogP contribution in [0.2, 0.25) is 0 Å². The molecule has 0 amide bonds. The number of halogens is 1. The Balaban J connectivity index is 1.45. The lowest BCUT2D eigenvalue weighted by atomic mass is 10.1. The third kappa shape index (κ3) is 4.22. The van der Waals surface area contributed by atoms with Crippen molar-refractivity contribution in [2.24, 2.45) is 0 Å². The van der Waals surface area contributed by atoms with Gasteiger partial charge in [-0.05, 0) is 50.2 Å². The van der Waals surface area contributed by atoms with Crippen molar-refractivity contribution < 1.29 is 18.3 Å². The molecule has 0 N–H and O–H groups in total. The van der Waals surface area contributed by atoms with Gasteiger partial charge < -0.3 is 9.15 Å². The number of aromatic nitrogens is 3. The van der Waals surface area contributed by atoms with Gasteiger partial charge in [-0.3, -0.25) is 0 Å². The van der Waals surface area contributed by atoms with Crippen LogP contribution in [0.3, 0.4) is 0 Å². The normalized spacial score (nSPS) is 10.9. The molecule has 4 aromatic rings. The molecule has 6 nitrogen and oxygen atoms in total. The largest absolute Gasteiger partial charge is 0.451 e. The van der Waals surface area contributed by atoms with Crippen molar-refractivity contribution in [2.75, 3.05) is 0 Å². The SMILES string of the molecule is Cc1cccc(-c2nnc(COC(=O)c3sc(-c4ccc(F)cc4)nc3C)o2)c1. The lowest BCUT2D eigenvalue weighted by Crippen LogP contribution is -2.05. The third-order valence-electron chi connectivity index (χ3n) is 4.13. The molecule has 0 aliphatic rings. The Hall–Kier alpha value is -3.39. The van der Waals surface area contributed by atoms with Gasteiger partial charge in [0.25, 0.3) is 5.89 Å². The number of benzene rings is 2. The van der Waals surface area contributed by atoms with E-state index < -0.39 is 5.97 Å². The standard InChI is InChI=1S/C21H16FN3O3S/c1-12-4-3-5-15(10-12)19-25-24-17(28-19)11-27-21(26)18-13(2)23-20(29-18)14-6-8-16(22)9-7-14/h3-10H,11H2,1-2H3. The van der Waals surface area contributed by atoms with Crippen LogP contribution >= 0.6 is 11.3 Å². The van der Waals surface area contributed by atoms with Crippen molar-refractivity contribution in [1.82, 2.24) is 15.2 Å². The van der Waals surface area contributed by atoms with Crippen molar-refractivity contribution in [2.45, 2.75) is 20.5 Å². The van der Waals surface area contributed by atoms with Gasteiger partial charge >= 0.3 is 5.97 Å². The minimum Gasteiger partial charge on any atom is -0.451 e. The van der Waals surface area contributed by atoms with Crippen LogP contribution in [0, 0.1) is 19.7 Å². The fourth-order valence-corrected chi connectivity index (χ4v) is 3.67. The van der Waals surface area contributed by atoms with E-state index in [1.165, 1.54) is 23.5 Å². The summed E-state index contributed by atoms with van der Waals surface area (Å²) in [5.74, 6) is -0.280. The van der Waals surface area contributed by atoms with Crippen molar-refractivity contribution in [3.05, 3.63) is 76.4 Å². The van der Waals surface area contributed by atoms with Gasteiger partial charge in [-0.1, -0.05) is 17.7 Å². The monoisotopic (exact) mass is 409 g/mol. The molecular formula is C21H16FN3O3S. The summed E-state index contributed by atoms with van der Waals surface area (Å²) in [6.07, 6.45) is 0. The second-order valence-electron chi connectivity index (χ2n) is 6.39. The van der Waals surface area contributed by atoms with Crippen molar-refractivity contribution >= 4 is 17.3 Å². The molecule has 2 aromatic carbocycles. The maximum atomic E-state index is 13.1. The third-order valence-corrected chi connectivity index (χ3v) is 5.32. The zero-order chi connectivity index (χ0) is 20.4. The van der Waals surface area contributed by atoms with E-state index in [1.807, 2.05) is 31.2 Å². The number of hydrogen-bond acceptors (Lipinski definition) is 7. The molecule has 2 aromatic heterocycles. The molecule has 0 saturated carbocycles. The van der Waals surface area contributed by atoms with Gasteiger partial charge in [0.2, 0.25) is 5.89 Å². The summed E-state index contributed by atoms with van der Waals surface area (Å²) in [5, 5.41) is 8.55. The molecule has 29 heavy (non-hydrogen) atoms. The van der Waals surface area contributed by atoms with Gasteiger partial charge in [-0.2, -0.15) is 0 Å². The highest BCUT2D eigenvalue weighted by Crippen LogP contribution is 2.29. The van der Waals surface area contributed by atoms with E-state index in [1.54, 1.807) is 19.1 Å². The Kier molecular flexibility index (Phi) is 5.18. The Morgan fingerprint density at radius 2 is 1.90 bits per heavy atom. The molecule has 0 aliphatic heterocycles. The minimum absolute atomic E-state index is 0.138. The first-order valence-corrected chi connectivity index (χ1v) is 9.61. The fourth-order valence-electron chi connectivity index (χ4n) is 2.70. The van der Waals surface area contributed by atoms with Crippen LogP contribution in [-0.4, -0.2) is 21.2 Å². The smallest absolute Gasteiger partial charge is 0.350 e. The number of thiazole rings is 1. The van der Waals surface area contributed by atoms with E-state index in [9.17, 15) is 9.18 Å². The number of carbonyl (C=O) groups is 1. The van der Waals surface area contributed by atoms with Crippen LogP contribution in [0.4, 0.5) is 4.39 Å². The predicted octanol–water partition coefficient (Wildman–Crippen LogP) is 4.97. The van der Waals surface area contributed by atoms with Gasteiger partial charge in [0, 0.05) is 11.1 Å². The van der Waals surface area contributed by atoms with E-state index in [0.29, 0.717) is 21.5 Å². The number of hydrogen-bond donors (Lipinski definition) is 0. The first-order valence-electron chi connectivity index (χ1n) is 8.79. The highest BCUT2D eigenvalue weighted by atomic mass is 32.1. The van der Waals surface area contributed by atoms with E-state index in [4.69, 9.17) is 9.15 Å². The van der Waals surface area contributed by atoms with Crippen LogP contribution in [0.5, 0.6) is 0 Å². The number of carbonyl (C=O) groups excluding carboxylic acids is 1. The molecule has 0 spiro atoms. The van der Waals surface area contributed by atoms with Crippen LogP contribution in [0.1, 0.15) is 26.8 Å². The average Bonchev–Trinajstić information content (AvgIpc) is 3.34. The molecule has 0 radical (unpaired) electrons. The topological polar surface area (TPSA) is 78.1 Å². The first kappa shape index (κ1) is 18.9. The Morgan fingerprint density at radius 1 is 1.10 bits per heavy atom. The number of esters is 1. The van der Waals surface area contributed by atoms with Crippen molar-refractivity contribution in [1.29, 1.82) is 0 Å². The number of ether oxygens (including phenoxy) is 1. The summed E-state index contributed by atoms with van der Waals surface area (Å²) >= 11 is 1.19. The molecule has 4 rings (SSSR count). The molecule has 0 aliphatic carbocycles. The second-order valence-corrected chi connectivity index (χ2v) is 7.39. The van der Waals surface area contributed by atoms with E-state index in [2.05, 4.69) is 15.2 Å². The maximum Gasteiger partial charge on any atom is 0.350 e. The van der Waals surface area contributed by atoms with Gasteiger partial charge in [-0.15, -0.1) is 21.5 Å². The molecule has 146 valence electrons. The molecule has 0 unspecified atom stereocenters. The van der Waals surface area contributed by atoms with Gasteiger partial charge in [0.1, 0.15) is 15.7 Å². The van der Waals surface area contributed by atoms with Gasteiger partial charge in [0.15, 0.2) is 6.61 Å². The number of rotatable bonds is 5. The Bertz CT molecular complexity index is 1170. The van der Waals surface area contributed by atoms with Crippen LogP contribution in [0.25, 0.3) is 22.0 Å². The first-order chi connectivity index (χ1) is 14.0. The quantitative estimate of drug-likeness (QED) is 0.433. The molecule has 0 atom stereocenters. The van der Waals surface area contributed by atoms with Gasteiger partial charge in [-0.25, -0.2) is 14.2 Å². The predicted molar refractivity (Wildman–Crippen MR) is 106 cm³/mol. The molecule has 0 bridgehead atoms. The summed E-state index contributed by atoms with van der Waals surface area (Å²) in [7, 11) is 0. The van der Waals surface area contributed by atoms with Crippen molar-refractivity contribution in [3.8, 4) is 22.0 Å². The summed E-state index contributed by atoms with van der Waals surface area (Å²) < 4.78 is 24.0. The van der Waals surface area contributed by atoms with E-state index in [-0.39, 0.29) is 18.3 Å². The van der Waals surface area contributed by atoms with Crippen LogP contribution < -0.4 is 0 Å². The van der Waals surface area contributed by atoms with E-state index in [0.717, 1.165) is 16.7 Å².